The summed E-state index contributed by atoms with van der Waals surface area (Å²) in [5, 5.41) is 1.06. The normalized spacial score (nSPS) is 3.14. The first-order chi connectivity index (χ1) is 2.41. The van der Waals surface area contributed by atoms with Crippen molar-refractivity contribution in [2.45, 2.75) is 6.92 Å². The van der Waals surface area contributed by atoms with Crippen LogP contribution in [0.4, 0.5) is 0 Å². The lowest BCUT2D eigenvalue weighted by atomic mass is 11.0. The zero-order chi connectivity index (χ0) is 4.71. The van der Waals surface area contributed by atoms with Gasteiger partial charge in [-0.25, -0.2) is 0 Å². The third kappa shape index (κ3) is 142. The van der Waals surface area contributed by atoms with E-state index in [0.29, 0.717) is 0 Å². The van der Waals surface area contributed by atoms with Gasteiger partial charge in [-0.1, -0.05) is 22.9 Å². The Kier molecular flexibility index (Phi) is 201. The van der Waals surface area contributed by atoms with Crippen molar-refractivity contribution in [1.29, 1.82) is 0 Å². The van der Waals surface area contributed by atoms with Crippen LogP contribution in [0.15, 0.2) is 0 Å². The van der Waals surface area contributed by atoms with Crippen molar-refractivity contribution in [1.82, 2.24) is 0 Å². The Hall–Kier alpha value is 1.16. The Labute approximate surface area is 66.8 Å². The van der Waals surface area contributed by atoms with Gasteiger partial charge in [0, 0.05) is 5.33 Å². The second kappa shape index (κ2) is 58.2. The molecule has 0 heterocycles. The smallest absolute Gasteiger partial charge is 0.138 e. The number of halogens is 3. The van der Waals surface area contributed by atoms with E-state index < -0.39 is 0 Å². The van der Waals surface area contributed by atoms with Crippen LogP contribution in [-0.2, 0) is 4.57 Å². The van der Waals surface area contributed by atoms with E-state index in [1.54, 1.807) is 9.12 Å². The molecule has 0 aromatic heterocycles. The summed E-state index contributed by atoms with van der Waals surface area (Å²) in [4.78, 5) is 0. The molecule has 0 unspecified atom stereocenters. The van der Waals surface area contributed by atoms with Crippen LogP contribution in [0.25, 0.3) is 0 Å². The first-order valence-corrected chi connectivity index (χ1v) is 2.71. The second-order valence-electron chi connectivity index (χ2n) is 0.267. The molecule has 0 aliphatic rings. The van der Waals surface area contributed by atoms with Crippen LogP contribution in [0.3, 0.4) is 0 Å². The SMILES string of the molecule is CCBr.Cl.Cl.O=P. The first kappa shape index (κ1) is 24.2. The Morgan fingerprint density at radius 1 is 1.43 bits per heavy atom. The fraction of sp³-hybridized carbons (Fsp3) is 1.00. The van der Waals surface area contributed by atoms with Gasteiger partial charge in [0.05, 0.1) is 0 Å². The minimum absolute atomic E-state index is 0. The van der Waals surface area contributed by atoms with Crippen molar-refractivity contribution in [3.8, 4) is 0 Å². The molecule has 0 aliphatic heterocycles. The Morgan fingerprint density at radius 2 is 1.43 bits per heavy atom. The van der Waals surface area contributed by atoms with Gasteiger partial charge in [0.25, 0.3) is 0 Å². The highest BCUT2D eigenvalue weighted by molar-refractivity contribution is 9.09. The highest BCUT2D eigenvalue weighted by atomic mass is 79.9. The lowest BCUT2D eigenvalue weighted by Gasteiger charge is -1.45. The molecule has 0 bridgehead atoms. The largest absolute Gasteiger partial charge is 0.279 e. The first-order valence-electron chi connectivity index (χ1n) is 1.18. The number of rotatable bonds is 0. The zero-order valence-electron chi connectivity index (χ0n) is 3.81. The molecule has 0 fully saturated rings. The minimum atomic E-state index is 0. The fourth-order valence-corrected chi connectivity index (χ4v) is 0. The maximum atomic E-state index is 8.06. The Morgan fingerprint density at radius 3 is 1.43 bits per heavy atom. The van der Waals surface area contributed by atoms with Gasteiger partial charge in [-0.05, 0) is 0 Å². The van der Waals surface area contributed by atoms with Crippen LogP contribution in [0.5, 0.6) is 0 Å². The van der Waals surface area contributed by atoms with E-state index >= 15 is 0 Å². The van der Waals surface area contributed by atoms with Crippen molar-refractivity contribution in [2.24, 2.45) is 0 Å². The summed E-state index contributed by atoms with van der Waals surface area (Å²) in [5.74, 6) is 0. The van der Waals surface area contributed by atoms with Crippen molar-refractivity contribution in [3.05, 3.63) is 0 Å². The molecule has 1 nitrogen and oxygen atoms in total. The van der Waals surface area contributed by atoms with Gasteiger partial charge in [0.1, 0.15) is 9.12 Å². The van der Waals surface area contributed by atoms with Gasteiger partial charge in [-0.2, -0.15) is 0 Å². The molecule has 48 valence electrons. The maximum Gasteiger partial charge on any atom is 0.138 e. The molecule has 0 spiro atoms. The molecule has 0 saturated carbocycles. The predicted octanol–water partition coefficient (Wildman–Crippen LogP) is 2.72. The summed E-state index contributed by atoms with van der Waals surface area (Å²) in [6.45, 7) is 2.04. The fourth-order valence-electron chi connectivity index (χ4n) is 0. The third-order valence-electron chi connectivity index (χ3n) is 0. The highest BCUT2D eigenvalue weighted by Gasteiger charge is 1.38. The van der Waals surface area contributed by atoms with Crippen LogP contribution in [0, 0.1) is 0 Å². The lowest BCUT2D eigenvalue weighted by molar-refractivity contribution is 0.607. The molecule has 5 heteroatoms. The zero-order valence-corrected chi connectivity index (χ0v) is 8.03. The van der Waals surface area contributed by atoms with Gasteiger partial charge >= 0.3 is 0 Å². The van der Waals surface area contributed by atoms with E-state index in [1.165, 1.54) is 0 Å². The molecular formula is C2H8BrCl2OP. The topological polar surface area (TPSA) is 17.1 Å². The van der Waals surface area contributed by atoms with Crippen LogP contribution < -0.4 is 0 Å². The minimum Gasteiger partial charge on any atom is -0.279 e. The van der Waals surface area contributed by atoms with Crippen molar-refractivity contribution in [2.75, 3.05) is 5.33 Å². The average Bonchev–Trinajstić information content (AvgIpc) is 1.46. The molecule has 0 rings (SSSR count). The van der Waals surface area contributed by atoms with E-state index in [1.807, 2.05) is 6.92 Å². The van der Waals surface area contributed by atoms with E-state index in [-0.39, 0.29) is 24.8 Å². The quantitative estimate of drug-likeness (QED) is 0.461. The van der Waals surface area contributed by atoms with Crippen LogP contribution in [0.1, 0.15) is 6.92 Å². The van der Waals surface area contributed by atoms with Crippen molar-refractivity contribution in [3.63, 3.8) is 0 Å². The summed E-state index contributed by atoms with van der Waals surface area (Å²) in [6.07, 6.45) is 0. The van der Waals surface area contributed by atoms with Crippen molar-refractivity contribution < 1.29 is 4.57 Å². The third-order valence-corrected chi connectivity index (χ3v) is 0. The van der Waals surface area contributed by atoms with Crippen LogP contribution in [0.2, 0.25) is 0 Å². The van der Waals surface area contributed by atoms with Crippen LogP contribution in [-0.4, -0.2) is 5.33 Å². The van der Waals surface area contributed by atoms with Gasteiger partial charge in [0.15, 0.2) is 0 Å². The van der Waals surface area contributed by atoms with Crippen LogP contribution >= 0.6 is 49.9 Å². The molecule has 0 aliphatic carbocycles. The van der Waals surface area contributed by atoms with Gasteiger partial charge in [-0.3, -0.25) is 4.57 Å². The molecule has 0 N–H and O–H groups in total. The number of hydrogen-bond donors (Lipinski definition) is 0. The van der Waals surface area contributed by atoms with Gasteiger partial charge < -0.3 is 0 Å². The van der Waals surface area contributed by atoms with E-state index in [2.05, 4.69) is 15.9 Å². The molecule has 0 amide bonds. The van der Waals surface area contributed by atoms with Gasteiger partial charge in [0.2, 0.25) is 0 Å². The van der Waals surface area contributed by atoms with Crippen molar-refractivity contribution >= 4 is 49.9 Å². The summed E-state index contributed by atoms with van der Waals surface area (Å²) >= 11 is 3.15. The monoisotopic (exact) mass is 228 g/mol. The summed E-state index contributed by atoms with van der Waals surface area (Å²) in [6, 6.07) is 0. The number of alkyl halides is 1. The Balaban J connectivity index is -0.0000000105. The summed E-state index contributed by atoms with van der Waals surface area (Å²) in [7, 11) is 1.72. The van der Waals surface area contributed by atoms with E-state index in [9.17, 15) is 0 Å². The molecule has 7 heavy (non-hydrogen) atoms. The molecule has 0 aromatic carbocycles. The Bertz CT molecular complexity index is 19.7. The number of hydrogen-bond acceptors (Lipinski definition) is 1. The summed E-state index contributed by atoms with van der Waals surface area (Å²) < 4.78 is 8.06. The highest BCUT2D eigenvalue weighted by Crippen LogP contribution is 1.67. The molecule has 0 atom stereocenters. The molecule has 0 radical (unpaired) electrons. The predicted molar refractivity (Wildman–Crippen MR) is 43.0 cm³/mol. The second-order valence-corrected chi connectivity index (χ2v) is 1.39. The maximum absolute atomic E-state index is 8.06. The molecule has 0 aromatic rings. The van der Waals surface area contributed by atoms with E-state index in [4.69, 9.17) is 4.57 Å². The lowest BCUT2D eigenvalue weighted by Crippen LogP contribution is -1.34. The standard InChI is InChI=1S/C2H5Br.2ClH.HOP/c1-2-3;;;1-2/h2H2,1H3;2*1H;2H. The molecule has 0 saturated heterocycles. The van der Waals surface area contributed by atoms with Gasteiger partial charge in [-0.15, -0.1) is 24.8 Å². The molecular weight excluding hydrogens is 222 g/mol. The van der Waals surface area contributed by atoms with E-state index in [0.717, 1.165) is 5.33 Å². The summed E-state index contributed by atoms with van der Waals surface area (Å²) in [5.41, 5.74) is 0. The average molecular weight is 230 g/mol.